The van der Waals surface area contributed by atoms with Crippen molar-refractivity contribution in [3.05, 3.63) is 0 Å². The van der Waals surface area contributed by atoms with Crippen LogP contribution in [0.15, 0.2) is 0 Å². The number of rotatable bonds is 4. The van der Waals surface area contributed by atoms with Crippen LogP contribution in [0.4, 0.5) is 0 Å². The molecule has 13 heavy (non-hydrogen) atoms. The molecule has 1 aliphatic heterocycles. The van der Waals surface area contributed by atoms with Crippen LogP contribution in [0, 0.1) is 0 Å². The lowest BCUT2D eigenvalue weighted by atomic mass is 10.3. The van der Waals surface area contributed by atoms with Crippen LogP contribution in [0.3, 0.4) is 0 Å². The monoisotopic (exact) mass is 203 g/mol. The Balaban J connectivity index is 2.25. The molecule has 0 unspecified atom stereocenters. The van der Waals surface area contributed by atoms with Gasteiger partial charge in [0.05, 0.1) is 13.1 Å². The van der Waals surface area contributed by atoms with Crippen molar-refractivity contribution in [2.45, 2.75) is 6.42 Å². The molecule has 0 amide bonds. The fourth-order valence-electron chi connectivity index (χ4n) is 1.20. The minimum Gasteiger partial charge on any atom is -0.391 e. The van der Waals surface area contributed by atoms with Crippen molar-refractivity contribution in [2.75, 3.05) is 31.6 Å². The van der Waals surface area contributed by atoms with Gasteiger partial charge in [-0.2, -0.15) is 11.8 Å². The van der Waals surface area contributed by atoms with Gasteiger partial charge >= 0.3 is 11.9 Å². The first-order valence-corrected chi connectivity index (χ1v) is 5.56. The molecular weight excluding hydrogens is 190 g/mol. The summed E-state index contributed by atoms with van der Waals surface area (Å²) < 4.78 is 4.40. The van der Waals surface area contributed by atoms with E-state index in [1.165, 1.54) is 0 Å². The van der Waals surface area contributed by atoms with Crippen LogP contribution < -0.4 is 0 Å². The summed E-state index contributed by atoms with van der Waals surface area (Å²) in [5, 5.41) is 0. The Hall–Kier alpha value is -0.550. The van der Waals surface area contributed by atoms with Crippen molar-refractivity contribution < 1.29 is 14.3 Å². The summed E-state index contributed by atoms with van der Waals surface area (Å²) in [6.45, 7) is 1.29. The van der Waals surface area contributed by atoms with Gasteiger partial charge < -0.3 is 4.74 Å². The molecule has 0 saturated carbocycles. The van der Waals surface area contributed by atoms with Crippen LogP contribution >= 0.6 is 11.8 Å². The highest BCUT2D eigenvalue weighted by atomic mass is 32.2. The van der Waals surface area contributed by atoms with Gasteiger partial charge in [-0.25, -0.2) is 0 Å². The van der Waals surface area contributed by atoms with E-state index in [0.717, 1.165) is 18.7 Å². The van der Waals surface area contributed by atoms with E-state index in [-0.39, 0.29) is 13.1 Å². The molecule has 5 heteroatoms. The molecule has 0 atom stereocenters. The molecule has 0 spiro atoms. The van der Waals surface area contributed by atoms with Gasteiger partial charge in [-0.05, 0) is 18.4 Å². The number of morpholine rings is 1. The molecule has 0 N–H and O–H groups in total. The highest BCUT2D eigenvalue weighted by Crippen LogP contribution is 2.03. The molecule has 0 radical (unpaired) electrons. The zero-order chi connectivity index (χ0) is 9.68. The van der Waals surface area contributed by atoms with E-state index in [2.05, 4.69) is 4.74 Å². The summed E-state index contributed by atoms with van der Waals surface area (Å²) in [4.78, 5) is 23.5. The second-order valence-electron chi connectivity index (χ2n) is 2.90. The molecule has 1 rings (SSSR count). The Morgan fingerprint density at radius 2 is 2.00 bits per heavy atom. The van der Waals surface area contributed by atoms with E-state index >= 15 is 0 Å². The van der Waals surface area contributed by atoms with E-state index in [0.29, 0.717) is 0 Å². The Morgan fingerprint density at radius 1 is 1.38 bits per heavy atom. The summed E-state index contributed by atoms with van der Waals surface area (Å²) in [7, 11) is 0. The van der Waals surface area contributed by atoms with Crippen LogP contribution in [0.1, 0.15) is 6.42 Å². The normalized spacial score (nSPS) is 18.8. The fraction of sp³-hybridized carbons (Fsp3) is 0.750. The fourth-order valence-corrected chi connectivity index (χ4v) is 1.62. The van der Waals surface area contributed by atoms with Crippen molar-refractivity contribution in [3.63, 3.8) is 0 Å². The molecule has 0 aliphatic carbocycles. The Morgan fingerprint density at radius 3 is 2.54 bits per heavy atom. The number of carbonyl (C=O) groups excluding carboxylic acids is 2. The number of carbonyl (C=O) groups is 2. The Kier molecular flexibility index (Phi) is 4.24. The lowest BCUT2D eigenvalue weighted by Gasteiger charge is -2.23. The minimum absolute atomic E-state index is 0.250. The minimum atomic E-state index is -0.430. The number of hydrogen-bond donors (Lipinski definition) is 0. The molecule has 0 aromatic carbocycles. The van der Waals surface area contributed by atoms with Gasteiger partial charge in [-0.1, -0.05) is 0 Å². The summed E-state index contributed by atoms with van der Waals surface area (Å²) in [5.41, 5.74) is 0. The highest BCUT2D eigenvalue weighted by molar-refractivity contribution is 7.98. The number of hydrogen-bond acceptors (Lipinski definition) is 5. The van der Waals surface area contributed by atoms with Crippen molar-refractivity contribution in [2.24, 2.45) is 0 Å². The van der Waals surface area contributed by atoms with Crippen molar-refractivity contribution in [1.82, 2.24) is 4.90 Å². The predicted molar refractivity (Wildman–Crippen MR) is 50.5 cm³/mol. The summed E-state index contributed by atoms with van der Waals surface area (Å²) in [6.07, 6.45) is 3.04. The van der Waals surface area contributed by atoms with Gasteiger partial charge in [-0.3, -0.25) is 14.5 Å². The van der Waals surface area contributed by atoms with Gasteiger partial charge in [-0.15, -0.1) is 0 Å². The second kappa shape index (κ2) is 5.24. The zero-order valence-corrected chi connectivity index (χ0v) is 8.43. The van der Waals surface area contributed by atoms with Crippen LogP contribution in [0.2, 0.25) is 0 Å². The third-order valence-corrected chi connectivity index (χ3v) is 2.45. The Labute approximate surface area is 81.6 Å². The molecule has 1 saturated heterocycles. The molecule has 0 aromatic rings. The topological polar surface area (TPSA) is 46.6 Å². The number of nitrogens with zero attached hydrogens (tertiary/aromatic N) is 1. The van der Waals surface area contributed by atoms with Gasteiger partial charge in [0.15, 0.2) is 0 Å². The van der Waals surface area contributed by atoms with E-state index < -0.39 is 11.9 Å². The third-order valence-electron chi connectivity index (χ3n) is 1.76. The van der Waals surface area contributed by atoms with E-state index in [9.17, 15) is 9.59 Å². The largest absolute Gasteiger partial charge is 0.391 e. The number of esters is 2. The van der Waals surface area contributed by atoms with Crippen LogP contribution in [-0.4, -0.2) is 48.5 Å². The molecule has 4 nitrogen and oxygen atoms in total. The molecule has 0 aromatic heterocycles. The van der Waals surface area contributed by atoms with Gasteiger partial charge in [0.2, 0.25) is 0 Å². The molecular formula is C8H13NO3S. The number of thioether (sulfide) groups is 1. The SMILES string of the molecule is CSCCCN1CC(=O)OC(=O)C1. The number of ether oxygens (including phenoxy) is 1. The summed E-state index contributed by atoms with van der Waals surface area (Å²) in [6, 6.07) is 0. The van der Waals surface area contributed by atoms with Crippen molar-refractivity contribution in [1.29, 1.82) is 0 Å². The smallest absolute Gasteiger partial charge is 0.327 e. The quantitative estimate of drug-likeness (QED) is 0.369. The first-order valence-electron chi connectivity index (χ1n) is 4.17. The molecule has 0 bridgehead atoms. The average molecular weight is 203 g/mol. The van der Waals surface area contributed by atoms with Crippen molar-refractivity contribution >= 4 is 23.7 Å². The molecule has 1 fully saturated rings. The van der Waals surface area contributed by atoms with Crippen molar-refractivity contribution in [3.8, 4) is 0 Å². The van der Waals surface area contributed by atoms with E-state index in [4.69, 9.17) is 0 Å². The standard InChI is InChI=1S/C8H13NO3S/c1-13-4-2-3-9-5-7(10)12-8(11)6-9/h2-6H2,1H3. The van der Waals surface area contributed by atoms with Crippen LogP contribution in [0.5, 0.6) is 0 Å². The maximum Gasteiger partial charge on any atom is 0.327 e. The predicted octanol–water partition coefficient (Wildman–Crippen LogP) is 0.125. The average Bonchev–Trinajstić information content (AvgIpc) is 2.03. The lowest BCUT2D eigenvalue weighted by Crippen LogP contribution is -2.43. The van der Waals surface area contributed by atoms with Crippen LogP contribution in [0.25, 0.3) is 0 Å². The second-order valence-corrected chi connectivity index (χ2v) is 3.89. The zero-order valence-electron chi connectivity index (χ0n) is 7.62. The van der Waals surface area contributed by atoms with Gasteiger partial charge in [0.25, 0.3) is 0 Å². The lowest BCUT2D eigenvalue weighted by molar-refractivity contribution is -0.166. The maximum absolute atomic E-state index is 10.8. The molecule has 1 heterocycles. The summed E-state index contributed by atoms with van der Waals surface area (Å²) >= 11 is 1.76. The Bertz CT molecular complexity index is 192. The van der Waals surface area contributed by atoms with E-state index in [1.807, 2.05) is 11.2 Å². The van der Waals surface area contributed by atoms with E-state index in [1.54, 1.807) is 11.8 Å². The number of cyclic esters (lactones) is 2. The highest BCUT2D eigenvalue weighted by Gasteiger charge is 2.23. The molecule has 74 valence electrons. The molecule has 1 aliphatic rings. The first-order chi connectivity index (χ1) is 6.22. The first kappa shape index (κ1) is 10.5. The summed E-state index contributed by atoms with van der Waals surface area (Å²) in [5.74, 6) is 0.195. The third kappa shape index (κ3) is 3.78. The van der Waals surface area contributed by atoms with Crippen LogP contribution in [-0.2, 0) is 14.3 Å². The maximum atomic E-state index is 10.8. The van der Waals surface area contributed by atoms with Gasteiger partial charge in [0, 0.05) is 6.54 Å². The van der Waals surface area contributed by atoms with Gasteiger partial charge in [0.1, 0.15) is 0 Å².